The van der Waals surface area contributed by atoms with Gasteiger partial charge in [0.2, 0.25) is 0 Å². The molecule has 0 amide bonds. The third-order valence-corrected chi connectivity index (χ3v) is 0.625. The molecule has 0 aliphatic carbocycles. The van der Waals surface area contributed by atoms with Crippen molar-refractivity contribution in [1.82, 2.24) is 5.32 Å². The predicted octanol–water partition coefficient (Wildman–Crippen LogP) is -0.279. The van der Waals surface area contributed by atoms with Crippen molar-refractivity contribution < 1.29 is 0 Å². The molecule has 0 aliphatic rings. The number of nitrogens with two attached hydrogens (primary N) is 1. The lowest BCUT2D eigenvalue weighted by Crippen LogP contribution is -2.04. The minimum Gasteiger partial charge on any atom is -0.327 e. The van der Waals surface area contributed by atoms with Gasteiger partial charge in [0.1, 0.15) is 0 Å². The molecule has 7 heavy (non-hydrogen) atoms. The van der Waals surface area contributed by atoms with Gasteiger partial charge >= 0.3 is 0 Å². The minimum atomic E-state index is 0.641. The Kier molecular flexibility index (Phi) is 5.39. The highest BCUT2D eigenvalue weighted by atomic mass is 14.8. The maximum atomic E-state index is 5.15. The van der Waals surface area contributed by atoms with Crippen molar-refractivity contribution in [3.63, 3.8) is 0 Å². The maximum Gasteiger partial charge on any atom is 0.0132 e. The smallest absolute Gasteiger partial charge is 0.0132 e. The third-order valence-electron chi connectivity index (χ3n) is 0.625. The van der Waals surface area contributed by atoms with Crippen molar-refractivity contribution in [3.05, 3.63) is 12.2 Å². The highest BCUT2D eigenvalue weighted by Crippen LogP contribution is 1.62. The Morgan fingerprint density at radius 2 is 2.29 bits per heavy atom. The van der Waals surface area contributed by atoms with Crippen molar-refractivity contribution in [2.45, 2.75) is 0 Å². The molecular formula is C5H12N2. The van der Waals surface area contributed by atoms with E-state index in [-0.39, 0.29) is 0 Å². The Bertz CT molecular complexity index is 50.0. The van der Waals surface area contributed by atoms with E-state index in [1.165, 1.54) is 0 Å². The van der Waals surface area contributed by atoms with Crippen LogP contribution in [-0.4, -0.2) is 20.1 Å². The van der Waals surface area contributed by atoms with Crippen LogP contribution in [-0.2, 0) is 0 Å². The fourth-order valence-electron chi connectivity index (χ4n) is 0.297. The molecule has 0 unspecified atom stereocenters. The van der Waals surface area contributed by atoms with Gasteiger partial charge in [-0.25, -0.2) is 0 Å². The Morgan fingerprint density at radius 3 is 2.71 bits per heavy atom. The standard InChI is InChI=1S/C5H12N2/c1-7-5-3-2-4-6/h2-3,7H,4-6H2,1H3/b3-2-. The second-order valence-electron chi connectivity index (χ2n) is 1.26. The molecule has 0 heterocycles. The van der Waals surface area contributed by atoms with Gasteiger partial charge in [0, 0.05) is 13.1 Å². The van der Waals surface area contributed by atoms with E-state index >= 15 is 0 Å². The summed E-state index contributed by atoms with van der Waals surface area (Å²) in [5.41, 5.74) is 5.15. The zero-order valence-corrected chi connectivity index (χ0v) is 4.65. The van der Waals surface area contributed by atoms with Crippen LogP contribution in [0, 0.1) is 0 Å². The zero-order chi connectivity index (χ0) is 5.54. The van der Waals surface area contributed by atoms with Crippen molar-refractivity contribution in [2.24, 2.45) is 5.73 Å². The van der Waals surface area contributed by atoms with Crippen molar-refractivity contribution in [2.75, 3.05) is 20.1 Å². The normalized spacial score (nSPS) is 10.6. The summed E-state index contributed by atoms with van der Waals surface area (Å²) < 4.78 is 0. The van der Waals surface area contributed by atoms with Crippen LogP contribution in [0.3, 0.4) is 0 Å². The first-order valence-corrected chi connectivity index (χ1v) is 2.41. The topological polar surface area (TPSA) is 38.0 Å². The summed E-state index contributed by atoms with van der Waals surface area (Å²) in [7, 11) is 1.90. The largest absolute Gasteiger partial charge is 0.327 e. The van der Waals surface area contributed by atoms with Gasteiger partial charge < -0.3 is 11.1 Å². The van der Waals surface area contributed by atoms with Gasteiger partial charge in [0.15, 0.2) is 0 Å². The molecule has 0 aliphatic heterocycles. The monoisotopic (exact) mass is 100 g/mol. The zero-order valence-electron chi connectivity index (χ0n) is 4.65. The molecule has 0 aromatic rings. The Balaban J connectivity index is 2.78. The van der Waals surface area contributed by atoms with E-state index in [2.05, 4.69) is 5.32 Å². The summed E-state index contributed by atoms with van der Waals surface area (Å²) in [6.45, 7) is 1.55. The summed E-state index contributed by atoms with van der Waals surface area (Å²) in [6, 6.07) is 0. The molecule has 2 nitrogen and oxygen atoms in total. The lowest BCUT2D eigenvalue weighted by molar-refractivity contribution is 0.916. The van der Waals surface area contributed by atoms with Crippen LogP contribution in [0.4, 0.5) is 0 Å². The number of rotatable bonds is 3. The first-order valence-electron chi connectivity index (χ1n) is 2.41. The van der Waals surface area contributed by atoms with Crippen molar-refractivity contribution >= 4 is 0 Å². The van der Waals surface area contributed by atoms with Gasteiger partial charge in [0.05, 0.1) is 0 Å². The van der Waals surface area contributed by atoms with E-state index in [4.69, 9.17) is 5.73 Å². The molecular weight excluding hydrogens is 88.1 g/mol. The molecule has 0 rings (SSSR count). The van der Waals surface area contributed by atoms with Crippen LogP contribution in [0.5, 0.6) is 0 Å². The summed E-state index contributed by atoms with van der Waals surface area (Å²) in [5.74, 6) is 0. The Hall–Kier alpha value is -0.340. The van der Waals surface area contributed by atoms with Gasteiger partial charge in [-0.05, 0) is 7.05 Å². The molecule has 0 bridgehead atoms. The lowest BCUT2D eigenvalue weighted by atomic mass is 10.5. The van der Waals surface area contributed by atoms with E-state index in [1.54, 1.807) is 0 Å². The average molecular weight is 100 g/mol. The van der Waals surface area contributed by atoms with Gasteiger partial charge in [-0.3, -0.25) is 0 Å². The average Bonchev–Trinajstić information content (AvgIpc) is 1.69. The van der Waals surface area contributed by atoms with E-state index in [0.29, 0.717) is 6.54 Å². The van der Waals surface area contributed by atoms with Crippen molar-refractivity contribution in [1.29, 1.82) is 0 Å². The van der Waals surface area contributed by atoms with E-state index in [1.807, 2.05) is 19.2 Å². The second-order valence-corrected chi connectivity index (χ2v) is 1.26. The fraction of sp³-hybridized carbons (Fsp3) is 0.600. The van der Waals surface area contributed by atoms with E-state index in [0.717, 1.165) is 6.54 Å². The SMILES string of the molecule is CNC/C=C\CN. The molecule has 2 heteroatoms. The van der Waals surface area contributed by atoms with Crippen LogP contribution in [0.1, 0.15) is 0 Å². The van der Waals surface area contributed by atoms with Gasteiger partial charge in [-0.15, -0.1) is 0 Å². The number of hydrogen-bond donors (Lipinski definition) is 2. The first-order chi connectivity index (χ1) is 3.41. The lowest BCUT2D eigenvalue weighted by Gasteiger charge is -1.84. The first kappa shape index (κ1) is 6.66. The second kappa shape index (κ2) is 5.66. The number of hydrogen-bond acceptors (Lipinski definition) is 2. The van der Waals surface area contributed by atoms with Crippen LogP contribution < -0.4 is 11.1 Å². The van der Waals surface area contributed by atoms with Crippen LogP contribution >= 0.6 is 0 Å². The van der Waals surface area contributed by atoms with E-state index < -0.39 is 0 Å². The number of likely N-dealkylation sites (N-methyl/N-ethyl adjacent to an activating group) is 1. The molecule has 0 fully saturated rings. The predicted molar refractivity (Wildman–Crippen MR) is 32.1 cm³/mol. The molecule has 0 radical (unpaired) electrons. The molecule has 3 N–H and O–H groups in total. The maximum absolute atomic E-state index is 5.15. The highest BCUT2D eigenvalue weighted by Gasteiger charge is 1.65. The minimum absolute atomic E-state index is 0.641. The van der Waals surface area contributed by atoms with Crippen LogP contribution in [0.2, 0.25) is 0 Å². The third kappa shape index (κ3) is 5.66. The fourth-order valence-corrected chi connectivity index (χ4v) is 0.297. The summed E-state index contributed by atoms with van der Waals surface area (Å²) in [4.78, 5) is 0. The highest BCUT2D eigenvalue weighted by molar-refractivity contribution is 4.83. The number of nitrogens with one attached hydrogen (secondary N) is 1. The summed E-state index contributed by atoms with van der Waals surface area (Å²) in [6.07, 6.45) is 3.93. The molecule has 0 saturated carbocycles. The molecule has 0 spiro atoms. The van der Waals surface area contributed by atoms with Crippen molar-refractivity contribution in [3.8, 4) is 0 Å². The Morgan fingerprint density at radius 1 is 1.57 bits per heavy atom. The Labute approximate surface area is 44.4 Å². The quantitative estimate of drug-likeness (QED) is 0.479. The van der Waals surface area contributed by atoms with Gasteiger partial charge in [-0.1, -0.05) is 12.2 Å². The van der Waals surface area contributed by atoms with Gasteiger partial charge in [0.25, 0.3) is 0 Å². The molecule has 0 aromatic carbocycles. The van der Waals surface area contributed by atoms with Crippen LogP contribution in [0.25, 0.3) is 0 Å². The van der Waals surface area contributed by atoms with E-state index in [9.17, 15) is 0 Å². The van der Waals surface area contributed by atoms with Crippen LogP contribution in [0.15, 0.2) is 12.2 Å². The molecule has 0 aromatic heterocycles. The molecule has 0 atom stereocenters. The van der Waals surface area contributed by atoms with Gasteiger partial charge in [-0.2, -0.15) is 0 Å². The molecule has 42 valence electrons. The summed E-state index contributed by atoms with van der Waals surface area (Å²) in [5, 5.41) is 2.96. The molecule has 0 saturated heterocycles. The summed E-state index contributed by atoms with van der Waals surface area (Å²) >= 11 is 0.